The summed E-state index contributed by atoms with van der Waals surface area (Å²) in [7, 11) is -9.42. The molecule has 0 amide bonds. The largest absolute Gasteiger partial charge is 0.433 e. The van der Waals surface area contributed by atoms with Crippen LogP contribution in [0.15, 0.2) is 0 Å². The Kier molecular flexibility index (Phi) is 6.33. The summed E-state index contributed by atoms with van der Waals surface area (Å²) in [5, 5.41) is 29.7. The predicted octanol–water partition coefficient (Wildman–Crippen LogP) is 1.92. The molecule has 0 aromatic heterocycles. The lowest BCUT2D eigenvalue weighted by molar-refractivity contribution is 0.0842. The van der Waals surface area contributed by atoms with Crippen molar-refractivity contribution in [3.05, 3.63) is 0 Å². The summed E-state index contributed by atoms with van der Waals surface area (Å²) in [5.74, 6) is 0. The summed E-state index contributed by atoms with van der Waals surface area (Å²) in [6.07, 6.45) is 2.71. The van der Waals surface area contributed by atoms with E-state index in [-0.39, 0.29) is 17.7 Å². The first-order valence-corrected chi connectivity index (χ1v) is 20.3. The molecule has 2 aliphatic heterocycles. The smallest absolute Gasteiger partial charge is 0.347 e. The standard InChI is InChI=1S/C15H36O6Si4/c1-15(19-22(2,3)12-16)9-11-24(15,6)21-25(10-7-8-14(25)18)20-23(4,5)13-17/h14,16-18H,7-13H2,1-6H3. The van der Waals surface area contributed by atoms with E-state index in [1.54, 1.807) is 0 Å². The maximum absolute atomic E-state index is 10.7. The van der Waals surface area contributed by atoms with Gasteiger partial charge in [-0.2, -0.15) is 0 Å². The van der Waals surface area contributed by atoms with Crippen molar-refractivity contribution in [2.75, 3.05) is 12.5 Å². The van der Waals surface area contributed by atoms with Gasteiger partial charge in [-0.05, 0) is 71.0 Å². The van der Waals surface area contributed by atoms with E-state index in [4.69, 9.17) is 12.7 Å². The van der Waals surface area contributed by atoms with Crippen LogP contribution in [0.1, 0.15) is 26.2 Å². The van der Waals surface area contributed by atoms with Crippen LogP contribution in [-0.2, 0) is 12.7 Å². The minimum absolute atomic E-state index is 0.0360. The molecule has 3 N–H and O–H groups in total. The van der Waals surface area contributed by atoms with E-state index in [0.29, 0.717) is 0 Å². The molecule has 4 unspecified atom stereocenters. The van der Waals surface area contributed by atoms with Crippen LogP contribution >= 0.6 is 0 Å². The number of aliphatic hydroxyl groups is 3. The Morgan fingerprint density at radius 2 is 1.68 bits per heavy atom. The summed E-state index contributed by atoms with van der Waals surface area (Å²) in [6, 6.07) is 1.79. The molecule has 2 rings (SSSR count). The highest BCUT2D eigenvalue weighted by atomic mass is 28.5. The van der Waals surface area contributed by atoms with Crippen molar-refractivity contribution in [2.24, 2.45) is 0 Å². The molecule has 10 heteroatoms. The first kappa shape index (κ1) is 21.9. The molecular weight excluding hydrogens is 389 g/mol. The van der Waals surface area contributed by atoms with Crippen molar-refractivity contribution in [2.45, 2.75) is 82.0 Å². The first-order valence-electron chi connectivity index (χ1n) is 9.33. The monoisotopic (exact) mass is 424 g/mol. The normalized spacial score (nSPS) is 39.5. The second-order valence-electron chi connectivity index (χ2n) is 9.32. The van der Waals surface area contributed by atoms with Crippen molar-refractivity contribution in [1.29, 1.82) is 0 Å². The summed E-state index contributed by atoms with van der Waals surface area (Å²) in [4.78, 5) is 0. The van der Waals surface area contributed by atoms with E-state index < -0.39 is 39.2 Å². The second kappa shape index (κ2) is 7.22. The van der Waals surface area contributed by atoms with Gasteiger partial charge in [-0.15, -0.1) is 0 Å². The Hall–Kier alpha value is 0.628. The van der Waals surface area contributed by atoms with E-state index in [9.17, 15) is 15.3 Å². The highest BCUT2D eigenvalue weighted by molar-refractivity contribution is 6.92. The summed E-state index contributed by atoms with van der Waals surface area (Å²) >= 11 is 0. The molecule has 2 aliphatic rings. The van der Waals surface area contributed by atoms with Crippen LogP contribution in [0.5, 0.6) is 0 Å². The fourth-order valence-electron chi connectivity index (χ4n) is 3.86. The fraction of sp³-hybridized carbons (Fsp3) is 1.00. The molecule has 6 nitrogen and oxygen atoms in total. The molecule has 2 heterocycles. The molecule has 0 saturated carbocycles. The van der Waals surface area contributed by atoms with Crippen LogP contribution in [-0.4, -0.2) is 72.2 Å². The Bertz CT molecular complexity index is 493. The SMILES string of the molecule is CC1(O[Si](C)(C)CO)CC[Si]1(C)O[Si]1(O[Si](C)(C)CO)CCCC1O. The van der Waals surface area contributed by atoms with E-state index in [1.165, 1.54) is 0 Å². The number of aliphatic hydroxyl groups excluding tert-OH is 3. The van der Waals surface area contributed by atoms with E-state index in [2.05, 4.69) is 13.5 Å². The van der Waals surface area contributed by atoms with Crippen molar-refractivity contribution in [3.63, 3.8) is 0 Å². The zero-order valence-corrected chi connectivity index (χ0v) is 20.6. The van der Waals surface area contributed by atoms with Gasteiger partial charge in [0.25, 0.3) is 0 Å². The number of hydrogen-bond donors (Lipinski definition) is 3. The molecule has 0 radical (unpaired) electrons. The summed E-state index contributed by atoms with van der Waals surface area (Å²) in [5.41, 5.74) is -0.525. The Labute approximate surface area is 156 Å². The van der Waals surface area contributed by atoms with Gasteiger partial charge in [0.05, 0.1) is 23.4 Å². The second-order valence-corrected chi connectivity index (χ2v) is 25.6. The van der Waals surface area contributed by atoms with Crippen LogP contribution in [0.4, 0.5) is 0 Å². The Morgan fingerprint density at radius 3 is 2.08 bits per heavy atom. The highest BCUT2D eigenvalue weighted by Gasteiger charge is 2.65. The molecule has 0 aromatic rings. The zero-order chi connectivity index (χ0) is 19.1. The zero-order valence-electron chi connectivity index (χ0n) is 16.6. The average molecular weight is 425 g/mol. The quantitative estimate of drug-likeness (QED) is 0.516. The molecule has 2 fully saturated rings. The van der Waals surface area contributed by atoms with Crippen molar-refractivity contribution in [3.8, 4) is 0 Å². The van der Waals surface area contributed by atoms with E-state index in [0.717, 1.165) is 31.4 Å². The number of hydrogen-bond acceptors (Lipinski definition) is 6. The lowest BCUT2D eigenvalue weighted by Crippen LogP contribution is -2.74. The molecule has 0 aromatic carbocycles. The van der Waals surface area contributed by atoms with Gasteiger partial charge in [0.1, 0.15) is 0 Å². The van der Waals surface area contributed by atoms with Gasteiger partial charge in [0.2, 0.25) is 25.0 Å². The Morgan fingerprint density at radius 1 is 1.08 bits per heavy atom. The van der Waals surface area contributed by atoms with Gasteiger partial charge in [0, 0.05) is 0 Å². The molecule has 148 valence electrons. The molecule has 0 spiro atoms. The molecule has 4 atom stereocenters. The molecule has 2 saturated heterocycles. The average Bonchev–Trinajstić information content (AvgIpc) is 2.85. The summed E-state index contributed by atoms with van der Waals surface area (Å²) in [6.45, 7) is 12.3. The van der Waals surface area contributed by atoms with Crippen molar-refractivity contribution < 1.29 is 28.0 Å². The van der Waals surface area contributed by atoms with Crippen LogP contribution in [0.25, 0.3) is 0 Å². The third-order valence-electron chi connectivity index (χ3n) is 5.82. The fourth-order valence-corrected chi connectivity index (χ4v) is 21.0. The number of rotatable bonds is 8. The first-order chi connectivity index (χ1) is 11.3. The Balaban J connectivity index is 2.23. The molecule has 0 bridgehead atoms. The van der Waals surface area contributed by atoms with E-state index in [1.807, 2.05) is 26.2 Å². The van der Waals surface area contributed by atoms with Crippen LogP contribution in [0, 0.1) is 0 Å². The highest BCUT2D eigenvalue weighted by Crippen LogP contribution is 2.50. The van der Waals surface area contributed by atoms with Gasteiger partial charge >= 0.3 is 8.56 Å². The maximum atomic E-state index is 10.7. The molecular formula is C15H36O6Si4. The van der Waals surface area contributed by atoms with Gasteiger partial charge in [-0.1, -0.05) is 0 Å². The van der Waals surface area contributed by atoms with Gasteiger partial charge in [0.15, 0.2) is 0 Å². The minimum atomic E-state index is -2.78. The lowest BCUT2D eigenvalue weighted by Gasteiger charge is -2.58. The van der Waals surface area contributed by atoms with Crippen molar-refractivity contribution in [1.82, 2.24) is 0 Å². The third kappa shape index (κ3) is 4.38. The van der Waals surface area contributed by atoms with Gasteiger partial charge < -0.3 is 28.0 Å². The lowest BCUT2D eigenvalue weighted by atomic mass is 10.3. The van der Waals surface area contributed by atoms with Crippen LogP contribution in [0.3, 0.4) is 0 Å². The summed E-state index contributed by atoms with van der Waals surface area (Å²) < 4.78 is 19.7. The molecule has 0 aliphatic carbocycles. The maximum Gasteiger partial charge on any atom is 0.347 e. The van der Waals surface area contributed by atoms with Crippen LogP contribution < -0.4 is 0 Å². The minimum Gasteiger partial charge on any atom is -0.433 e. The van der Waals surface area contributed by atoms with Crippen molar-refractivity contribution >= 4 is 33.5 Å². The van der Waals surface area contributed by atoms with Gasteiger partial charge in [-0.25, -0.2) is 0 Å². The van der Waals surface area contributed by atoms with Gasteiger partial charge in [-0.3, -0.25) is 0 Å². The van der Waals surface area contributed by atoms with E-state index >= 15 is 0 Å². The molecule has 25 heavy (non-hydrogen) atoms. The van der Waals surface area contributed by atoms with Crippen LogP contribution in [0.2, 0.25) is 44.8 Å². The topological polar surface area (TPSA) is 88.4 Å². The predicted molar refractivity (Wildman–Crippen MR) is 108 cm³/mol. The third-order valence-corrected chi connectivity index (χ3v) is 21.5.